The fraction of sp³-hybridized carbons (Fsp3) is 0.0714. The van der Waals surface area contributed by atoms with E-state index in [1.54, 1.807) is 16.8 Å². The Morgan fingerprint density at radius 3 is 2.76 bits per heavy atom. The topological polar surface area (TPSA) is 69.6 Å². The van der Waals surface area contributed by atoms with Crippen LogP contribution in [0.1, 0.15) is 5.56 Å². The van der Waals surface area contributed by atoms with Crippen molar-refractivity contribution in [3.8, 4) is 17.1 Å². The summed E-state index contributed by atoms with van der Waals surface area (Å²) in [6, 6.07) is 11.3. The van der Waals surface area contributed by atoms with Gasteiger partial charge in [-0.1, -0.05) is 17.7 Å². The number of nitrogens with two attached hydrogens (primary N) is 1. The quantitative estimate of drug-likeness (QED) is 0.705. The molecule has 0 fully saturated rings. The first-order chi connectivity index (χ1) is 10.1. The number of benzene rings is 2. The molecule has 2 N–H and O–H groups in total. The number of aromatic nitrogens is 4. The second-order valence-electron chi connectivity index (χ2n) is 4.61. The highest BCUT2D eigenvalue weighted by Gasteiger charge is 2.14. The van der Waals surface area contributed by atoms with Crippen LogP contribution in [0.15, 0.2) is 40.9 Å². The van der Waals surface area contributed by atoms with Crippen molar-refractivity contribution in [1.82, 2.24) is 20.2 Å². The molecule has 0 bridgehead atoms. The maximum absolute atomic E-state index is 5.95. The van der Waals surface area contributed by atoms with Crippen LogP contribution in [0, 0.1) is 6.92 Å². The van der Waals surface area contributed by atoms with Crippen molar-refractivity contribution in [2.24, 2.45) is 0 Å². The number of hydrogen-bond donors (Lipinski definition) is 1. The third-order valence-electron chi connectivity index (χ3n) is 3.05. The van der Waals surface area contributed by atoms with Gasteiger partial charge in [-0.3, -0.25) is 0 Å². The monoisotopic (exact) mass is 363 g/mol. The Bertz CT molecular complexity index is 815. The van der Waals surface area contributed by atoms with Crippen LogP contribution >= 0.6 is 27.5 Å². The summed E-state index contributed by atoms with van der Waals surface area (Å²) in [6.45, 7) is 2.01. The molecule has 106 valence electrons. The van der Waals surface area contributed by atoms with Crippen LogP contribution in [-0.2, 0) is 0 Å². The lowest BCUT2D eigenvalue weighted by atomic mass is 10.1. The SMILES string of the molecule is Cc1ccc(Br)c(-n2nnnc2-c2ccc(Cl)c(N)c2)c1. The summed E-state index contributed by atoms with van der Waals surface area (Å²) in [4.78, 5) is 0. The van der Waals surface area contributed by atoms with E-state index in [1.165, 1.54) is 0 Å². The van der Waals surface area contributed by atoms with E-state index in [9.17, 15) is 0 Å². The molecule has 0 saturated carbocycles. The predicted octanol–water partition coefficient (Wildman–Crippen LogP) is 3.64. The molecule has 0 unspecified atom stereocenters. The third kappa shape index (κ3) is 2.64. The summed E-state index contributed by atoms with van der Waals surface area (Å²) in [5.74, 6) is 0.602. The van der Waals surface area contributed by atoms with Crippen molar-refractivity contribution >= 4 is 33.2 Å². The molecule has 3 aromatic rings. The van der Waals surface area contributed by atoms with Gasteiger partial charge in [0.15, 0.2) is 5.82 Å². The lowest BCUT2D eigenvalue weighted by Crippen LogP contribution is -2.01. The second-order valence-corrected chi connectivity index (χ2v) is 5.87. The van der Waals surface area contributed by atoms with Crippen molar-refractivity contribution in [1.29, 1.82) is 0 Å². The van der Waals surface area contributed by atoms with Gasteiger partial charge in [0.05, 0.1) is 16.4 Å². The molecule has 0 aliphatic heterocycles. The van der Waals surface area contributed by atoms with Crippen molar-refractivity contribution in [3.05, 3.63) is 51.5 Å². The Kier molecular flexibility index (Phi) is 3.65. The summed E-state index contributed by atoms with van der Waals surface area (Å²) in [7, 11) is 0. The molecule has 0 aliphatic carbocycles. The van der Waals surface area contributed by atoms with Gasteiger partial charge in [0.2, 0.25) is 0 Å². The Labute approximate surface area is 134 Å². The average molecular weight is 365 g/mol. The van der Waals surface area contributed by atoms with Gasteiger partial charge in [-0.15, -0.1) is 5.10 Å². The lowest BCUT2D eigenvalue weighted by molar-refractivity contribution is 0.788. The number of rotatable bonds is 2. The van der Waals surface area contributed by atoms with E-state index in [-0.39, 0.29) is 0 Å². The molecule has 1 aromatic heterocycles. The first kappa shape index (κ1) is 14.0. The van der Waals surface area contributed by atoms with Gasteiger partial charge >= 0.3 is 0 Å². The van der Waals surface area contributed by atoms with E-state index in [0.717, 1.165) is 21.3 Å². The maximum Gasteiger partial charge on any atom is 0.187 e. The highest BCUT2D eigenvalue weighted by Crippen LogP contribution is 2.29. The Morgan fingerprint density at radius 1 is 1.19 bits per heavy atom. The van der Waals surface area contributed by atoms with Crippen LogP contribution < -0.4 is 5.73 Å². The standard InChI is InChI=1S/C14H11BrClN5/c1-8-2-4-10(15)13(6-8)21-14(18-19-20-21)9-3-5-11(16)12(17)7-9/h2-7H,17H2,1H3. The molecule has 0 amide bonds. The molecular weight excluding hydrogens is 354 g/mol. The van der Waals surface area contributed by atoms with Crippen molar-refractivity contribution < 1.29 is 0 Å². The number of hydrogen-bond acceptors (Lipinski definition) is 4. The van der Waals surface area contributed by atoms with Gasteiger partial charge in [-0.25, -0.2) is 0 Å². The van der Waals surface area contributed by atoms with E-state index in [2.05, 4.69) is 31.5 Å². The molecule has 21 heavy (non-hydrogen) atoms. The van der Waals surface area contributed by atoms with Crippen LogP contribution in [0.2, 0.25) is 5.02 Å². The predicted molar refractivity (Wildman–Crippen MR) is 86.4 cm³/mol. The van der Waals surface area contributed by atoms with Crippen LogP contribution in [0.3, 0.4) is 0 Å². The normalized spacial score (nSPS) is 10.8. The summed E-state index contributed by atoms with van der Waals surface area (Å²) in [5, 5.41) is 12.4. The molecule has 0 radical (unpaired) electrons. The first-order valence-electron chi connectivity index (χ1n) is 6.16. The van der Waals surface area contributed by atoms with Crippen LogP contribution in [0.4, 0.5) is 5.69 Å². The van der Waals surface area contributed by atoms with Gasteiger partial charge in [0, 0.05) is 10.0 Å². The van der Waals surface area contributed by atoms with Crippen LogP contribution in [0.5, 0.6) is 0 Å². The van der Waals surface area contributed by atoms with Gasteiger partial charge in [-0.05, 0) is 69.2 Å². The number of nitrogen functional groups attached to an aromatic ring is 1. The lowest BCUT2D eigenvalue weighted by Gasteiger charge is -2.08. The van der Waals surface area contributed by atoms with Gasteiger partial charge in [0.25, 0.3) is 0 Å². The van der Waals surface area contributed by atoms with Crippen molar-refractivity contribution in [3.63, 3.8) is 0 Å². The van der Waals surface area contributed by atoms with E-state index >= 15 is 0 Å². The van der Waals surface area contributed by atoms with E-state index < -0.39 is 0 Å². The number of tetrazole rings is 1. The van der Waals surface area contributed by atoms with E-state index in [1.807, 2.05) is 31.2 Å². The Hall–Kier alpha value is -1.92. The summed E-state index contributed by atoms with van der Waals surface area (Å²) in [5.41, 5.74) is 9.12. The van der Waals surface area contributed by atoms with Gasteiger partial charge in [-0.2, -0.15) is 4.68 Å². The second kappa shape index (κ2) is 5.46. The molecule has 0 atom stereocenters. The fourth-order valence-electron chi connectivity index (χ4n) is 2.00. The average Bonchev–Trinajstić information content (AvgIpc) is 2.93. The fourth-order valence-corrected chi connectivity index (χ4v) is 2.53. The van der Waals surface area contributed by atoms with Gasteiger partial charge < -0.3 is 5.73 Å². The summed E-state index contributed by atoms with van der Waals surface area (Å²) >= 11 is 9.48. The molecule has 0 aliphatic rings. The Morgan fingerprint density at radius 2 is 2.00 bits per heavy atom. The van der Waals surface area contributed by atoms with Crippen molar-refractivity contribution in [2.45, 2.75) is 6.92 Å². The number of anilines is 1. The molecule has 1 heterocycles. The smallest absolute Gasteiger partial charge is 0.187 e. The van der Waals surface area contributed by atoms with Gasteiger partial charge in [0.1, 0.15) is 0 Å². The largest absolute Gasteiger partial charge is 0.398 e. The Balaban J connectivity index is 2.17. The number of aryl methyl sites for hydroxylation is 1. The minimum atomic E-state index is 0.493. The molecule has 7 heteroatoms. The highest BCUT2D eigenvalue weighted by molar-refractivity contribution is 9.10. The third-order valence-corrected chi connectivity index (χ3v) is 4.07. The zero-order chi connectivity index (χ0) is 15.0. The first-order valence-corrected chi connectivity index (χ1v) is 7.33. The van der Waals surface area contributed by atoms with E-state index in [0.29, 0.717) is 16.5 Å². The maximum atomic E-state index is 5.95. The summed E-state index contributed by atoms with van der Waals surface area (Å²) < 4.78 is 2.57. The highest BCUT2D eigenvalue weighted by atomic mass is 79.9. The van der Waals surface area contributed by atoms with E-state index in [4.69, 9.17) is 17.3 Å². The minimum absolute atomic E-state index is 0.493. The van der Waals surface area contributed by atoms with Crippen LogP contribution in [0.25, 0.3) is 17.1 Å². The van der Waals surface area contributed by atoms with Crippen LogP contribution in [-0.4, -0.2) is 20.2 Å². The number of nitrogens with zero attached hydrogens (tertiary/aromatic N) is 4. The molecule has 3 rings (SSSR count). The molecule has 0 spiro atoms. The number of halogens is 2. The van der Waals surface area contributed by atoms with Crippen molar-refractivity contribution in [2.75, 3.05) is 5.73 Å². The molecule has 5 nitrogen and oxygen atoms in total. The minimum Gasteiger partial charge on any atom is -0.398 e. The molecule has 0 saturated heterocycles. The molecular formula is C14H11BrClN5. The zero-order valence-corrected chi connectivity index (χ0v) is 13.4. The summed E-state index contributed by atoms with van der Waals surface area (Å²) in [6.07, 6.45) is 0. The molecule has 2 aromatic carbocycles. The zero-order valence-electron chi connectivity index (χ0n) is 11.1.